The van der Waals surface area contributed by atoms with Gasteiger partial charge in [-0.1, -0.05) is 27.5 Å². The number of alkyl halides is 3. The van der Waals surface area contributed by atoms with Crippen molar-refractivity contribution in [2.75, 3.05) is 0 Å². The number of benzene rings is 1. The first-order chi connectivity index (χ1) is 6.39. The minimum absolute atomic E-state index is 0.163. The summed E-state index contributed by atoms with van der Waals surface area (Å²) in [6, 6.07) is 6.02. The van der Waals surface area contributed by atoms with Gasteiger partial charge in [0.05, 0.1) is 5.69 Å². The standard InChI is InChI=1S/C8H4BrClF3N/c9-5-1-3-6(4-2-5)14-7(10)8(11,12)13/h1-4H/b14-7-. The van der Waals surface area contributed by atoms with Crippen LogP contribution in [0.4, 0.5) is 18.9 Å². The van der Waals surface area contributed by atoms with Gasteiger partial charge in [-0.25, -0.2) is 4.99 Å². The Labute approximate surface area is 91.7 Å². The van der Waals surface area contributed by atoms with Crippen LogP contribution in [-0.4, -0.2) is 11.3 Å². The van der Waals surface area contributed by atoms with Gasteiger partial charge in [0.15, 0.2) is 0 Å². The highest BCUT2D eigenvalue weighted by Crippen LogP contribution is 2.24. The Kier molecular flexibility index (Phi) is 3.55. The number of hydrogen-bond donors (Lipinski definition) is 0. The lowest BCUT2D eigenvalue weighted by Crippen LogP contribution is -2.16. The van der Waals surface area contributed by atoms with Crippen LogP contribution in [0.25, 0.3) is 0 Å². The fraction of sp³-hybridized carbons (Fsp3) is 0.125. The lowest BCUT2D eigenvalue weighted by molar-refractivity contribution is -0.0558. The average molecular weight is 286 g/mol. The molecule has 1 aromatic carbocycles. The average Bonchev–Trinajstić information content (AvgIpc) is 2.07. The molecule has 0 saturated carbocycles. The Morgan fingerprint density at radius 3 is 2.14 bits per heavy atom. The van der Waals surface area contributed by atoms with Gasteiger partial charge in [0.2, 0.25) is 5.17 Å². The van der Waals surface area contributed by atoms with E-state index in [1.165, 1.54) is 12.1 Å². The van der Waals surface area contributed by atoms with Crippen molar-refractivity contribution in [1.29, 1.82) is 0 Å². The smallest absolute Gasteiger partial charge is 0.232 e. The van der Waals surface area contributed by atoms with Gasteiger partial charge in [0.25, 0.3) is 0 Å². The topological polar surface area (TPSA) is 12.4 Å². The maximum Gasteiger partial charge on any atom is 0.444 e. The molecule has 0 aliphatic heterocycles. The highest BCUT2D eigenvalue weighted by Gasteiger charge is 2.34. The maximum absolute atomic E-state index is 11.9. The first kappa shape index (κ1) is 11.5. The highest BCUT2D eigenvalue weighted by atomic mass is 79.9. The molecule has 0 bridgehead atoms. The molecule has 14 heavy (non-hydrogen) atoms. The third kappa shape index (κ3) is 3.31. The first-order valence-electron chi connectivity index (χ1n) is 3.46. The van der Waals surface area contributed by atoms with Crippen LogP contribution in [0.5, 0.6) is 0 Å². The Hall–Kier alpha value is -0.550. The lowest BCUT2D eigenvalue weighted by atomic mass is 10.3. The molecule has 0 aliphatic rings. The van der Waals surface area contributed by atoms with Gasteiger partial charge in [-0.05, 0) is 24.3 Å². The predicted molar refractivity (Wildman–Crippen MR) is 53.1 cm³/mol. The molecule has 0 atom stereocenters. The Morgan fingerprint density at radius 1 is 1.21 bits per heavy atom. The summed E-state index contributed by atoms with van der Waals surface area (Å²) in [6.45, 7) is 0. The van der Waals surface area contributed by atoms with Crippen LogP contribution < -0.4 is 0 Å². The van der Waals surface area contributed by atoms with E-state index in [1.807, 2.05) is 0 Å². The van der Waals surface area contributed by atoms with E-state index in [2.05, 4.69) is 20.9 Å². The van der Waals surface area contributed by atoms with E-state index in [0.717, 1.165) is 4.47 Å². The highest BCUT2D eigenvalue weighted by molar-refractivity contribution is 9.10. The van der Waals surface area contributed by atoms with Crippen LogP contribution in [0.3, 0.4) is 0 Å². The molecule has 0 fully saturated rings. The van der Waals surface area contributed by atoms with Crippen molar-refractivity contribution in [2.45, 2.75) is 6.18 Å². The minimum Gasteiger partial charge on any atom is -0.232 e. The summed E-state index contributed by atoms with van der Waals surface area (Å²) in [5, 5.41) is -1.38. The van der Waals surface area contributed by atoms with Crippen molar-refractivity contribution in [3.05, 3.63) is 28.7 Å². The summed E-state index contributed by atoms with van der Waals surface area (Å²) in [6.07, 6.45) is -4.59. The number of aliphatic imine (C=N–C) groups is 1. The number of rotatable bonds is 1. The van der Waals surface area contributed by atoms with E-state index in [0.29, 0.717) is 0 Å². The SMILES string of the molecule is FC(F)(F)/C(Cl)=N/c1ccc(Br)cc1. The summed E-state index contributed by atoms with van der Waals surface area (Å²) < 4.78 is 36.6. The van der Waals surface area contributed by atoms with Gasteiger partial charge in [-0.3, -0.25) is 0 Å². The van der Waals surface area contributed by atoms with Gasteiger partial charge in [-0.15, -0.1) is 0 Å². The van der Waals surface area contributed by atoms with E-state index in [9.17, 15) is 13.2 Å². The van der Waals surface area contributed by atoms with Crippen LogP contribution in [0, 0.1) is 0 Å². The van der Waals surface area contributed by atoms with Gasteiger partial charge >= 0.3 is 6.18 Å². The monoisotopic (exact) mass is 285 g/mol. The third-order valence-electron chi connectivity index (χ3n) is 1.29. The van der Waals surface area contributed by atoms with E-state index in [4.69, 9.17) is 11.6 Å². The first-order valence-corrected chi connectivity index (χ1v) is 4.63. The van der Waals surface area contributed by atoms with Gasteiger partial charge in [-0.2, -0.15) is 13.2 Å². The lowest BCUT2D eigenvalue weighted by Gasteiger charge is -2.02. The zero-order valence-electron chi connectivity index (χ0n) is 6.65. The van der Waals surface area contributed by atoms with Crippen LogP contribution >= 0.6 is 27.5 Å². The van der Waals surface area contributed by atoms with Crippen molar-refractivity contribution >= 4 is 38.4 Å². The van der Waals surface area contributed by atoms with Crippen molar-refractivity contribution in [3.8, 4) is 0 Å². The quantitative estimate of drug-likeness (QED) is 0.683. The summed E-state index contributed by atoms with van der Waals surface area (Å²) in [7, 11) is 0. The molecule has 1 nitrogen and oxygen atoms in total. The van der Waals surface area contributed by atoms with Crippen molar-refractivity contribution in [1.82, 2.24) is 0 Å². The molecule has 0 saturated heterocycles. The summed E-state index contributed by atoms with van der Waals surface area (Å²) in [4.78, 5) is 3.21. The van der Waals surface area contributed by atoms with Gasteiger partial charge < -0.3 is 0 Å². The molecule has 6 heteroatoms. The van der Waals surface area contributed by atoms with E-state index < -0.39 is 11.3 Å². The Balaban J connectivity index is 2.93. The zero-order valence-corrected chi connectivity index (χ0v) is 8.99. The molecule has 76 valence electrons. The second-order valence-electron chi connectivity index (χ2n) is 2.38. The fourth-order valence-electron chi connectivity index (χ4n) is 0.692. The van der Waals surface area contributed by atoms with Crippen LogP contribution in [0.1, 0.15) is 0 Å². The summed E-state index contributed by atoms with van der Waals surface area (Å²) >= 11 is 8.09. The van der Waals surface area contributed by atoms with Gasteiger partial charge in [0.1, 0.15) is 0 Å². The van der Waals surface area contributed by atoms with Crippen molar-refractivity contribution in [3.63, 3.8) is 0 Å². The minimum atomic E-state index is -4.59. The fourth-order valence-corrected chi connectivity index (χ4v) is 1.05. The molecular weight excluding hydrogens is 282 g/mol. The second kappa shape index (κ2) is 4.31. The largest absolute Gasteiger partial charge is 0.444 e. The molecule has 0 aliphatic carbocycles. The van der Waals surface area contributed by atoms with E-state index >= 15 is 0 Å². The van der Waals surface area contributed by atoms with E-state index in [1.54, 1.807) is 12.1 Å². The third-order valence-corrected chi connectivity index (χ3v) is 2.12. The molecule has 0 radical (unpaired) electrons. The maximum atomic E-state index is 11.9. The number of nitrogens with zero attached hydrogens (tertiary/aromatic N) is 1. The van der Waals surface area contributed by atoms with Crippen LogP contribution in [0.2, 0.25) is 0 Å². The Morgan fingerprint density at radius 2 is 1.71 bits per heavy atom. The normalized spacial score (nSPS) is 13.1. The number of halogens is 5. The van der Waals surface area contributed by atoms with Crippen LogP contribution in [-0.2, 0) is 0 Å². The molecule has 0 N–H and O–H groups in total. The van der Waals surface area contributed by atoms with Crippen molar-refractivity contribution < 1.29 is 13.2 Å². The Bertz CT molecular complexity index is 345. The van der Waals surface area contributed by atoms with Crippen molar-refractivity contribution in [2.24, 2.45) is 4.99 Å². The zero-order chi connectivity index (χ0) is 10.8. The molecule has 0 spiro atoms. The second-order valence-corrected chi connectivity index (χ2v) is 3.65. The molecule has 0 unspecified atom stereocenters. The molecule has 0 heterocycles. The number of hydrogen-bond acceptors (Lipinski definition) is 1. The molecule has 1 aromatic rings. The molecular formula is C8H4BrClF3N. The van der Waals surface area contributed by atoms with E-state index in [-0.39, 0.29) is 5.69 Å². The van der Waals surface area contributed by atoms with Crippen LogP contribution in [0.15, 0.2) is 33.7 Å². The van der Waals surface area contributed by atoms with Gasteiger partial charge in [0, 0.05) is 4.47 Å². The summed E-state index contributed by atoms with van der Waals surface area (Å²) in [5.41, 5.74) is 0.163. The molecule has 0 amide bonds. The summed E-state index contributed by atoms with van der Waals surface area (Å²) in [5.74, 6) is 0. The predicted octanol–water partition coefficient (Wildman–Crippen LogP) is 4.28. The molecule has 1 rings (SSSR count). The molecule has 0 aromatic heterocycles.